The van der Waals surface area contributed by atoms with Crippen LogP contribution in [0.2, 0.25) is 0 Å². The zero-order valence-corrected chi connectivity index (χ0v) is 8.12. The Morgan fingerprint density at radius 3 is 3.14 bits per heavy atom. The summed E-state index contributed by atoms with van der Waals surface area (Å²) in [5.74, 6) is 0. The van der Waals surface area contributed by atoms with Crippen molar-refractivity contribution in [1.82, 2.24) is 15.3 Å². The molecule has 0 radical (unpaired) electrons. The van der Waals surface area contributed by atoms with Crippen LogP contribution in [0.1, 0.15) is 25.0 Å². The van der Waals surface area contributed by atoms with Crippen molar-refractivity contribution < 1.29 is 0 Å². The molecule has 0 spiro atoms. The topological polar surface area (TPSA) is 57.8 Å². The van der Waals surface area contributed by atoms with Gasteiger partial charge in [0.1, 0.15) is 0 Å². The highest BCUT2D eigenvalue weighted by Crippen LogP contribution is 2.10. The van der Waals surface area contributed by atoms with Gasteiger partial charge in [0.05, 0.1) is 6.33 Å². The molecule has 2 heterocycles. The first-order valence-corrected chi connectivity index (χ1v) is 5.11. The van der Waals surface area contributed by atoms with Crippen molar-refractivity contribution in [3.05, 3.63) is 28.4 Å². The summed E-state index contributed by atoms with van der Waals surface area (Å²) >= 11 is 0. The lowest BCUT2D eigenvalue weighted by Gasteiger charge is -2.22. The SMILES string of the molecule is O=c1cc(CC2CCCCN2)nc[nH]1. The fraction of sp³-hybridized carbons (Fsp3) is 0.600. The summed E-state index contributed by atoms with van der Waals surface area (Å²) in [6.07, 6.45) is 6.07. The Bertz CT molecular complexity index is 341. The number of aromatic nitrogens is 2. The van der Waals surface area contributed by atoms with Gasteiger partial charge in [-0.2, -0.15) is 0 Å². The molecular formula is C10H15N3O. The molecule has 1 atom stereocenters. The van der Waals surface area contributed by atoms with Crippen LogP contribution in [0.4, 0.5) is 0 Å². The van der Waals surface area contributed by atoms with Gasteiger partial charge in [0.2, 0.25) is 0 Å². The molecule has 2 N–H and O–H groups in total. The number of hydrogen-bond donors (Lipinski definition) is 2. The van der Waals surface area contributed by atoms with Crippen LogP contribution in [0.25, 0.3) is 0 Å². The molecule has 76 valence electrons. The van der Waals surface area contributed by atoms with Crippen LogP contribution in [-0.4, -0.2) is 22.6 Å². The van der Waals surface area contributed by atoms with Gasteiger partial charge in [-0.25, -0.2) is 4.98 Å². The highest BCUT2D eigenvalue weighted by Gasteiger charge is 2.13. The average molecular weight is 193 g/mol. The van der Waals surface area contributed by atoms with Gasteiger partial charge < -0.3 is 10.3 Å². The standard InChI is InChI=1S/C10H15N3O/c14-10-6-9(12-7-13-10)5-8-3-1-2-4-11-8/h6-8,11H,1-5H2,(H,12,13,14). The Morgan fingerprint density at radius 2 is 2.43 bits per heavy atom. The molecule has 0 aliphatic carbocycles. The third-order valence-corrected chi connectivity index (χ3v) is 2.60. The van der Waals surface area contributed by atoms with Crippen LogP contribution in [0.5, 0.6) is 0 Å². The molecule has 14 heavy (non-hydrogen) atoms. The van der Waals surface area contributed by atoms with E-state index in [1.807, 2.05) is 0 Å². The highest BCUT2D eigenvalue weighted by atomic mass is 16.1. The molecule has 1 unspecified atom stereocenters. The third kappa shape index (κ3) is 2.42. The highest BCUT2D eigenvalue weighted by molar-refractivity contribution is 5.01. The van der Waals surface area contributed by atoms with E-state index in [0.29, 0.717) is 6.04 Å². The van der Waals surface area contributed by atoms with Crippen molar-refractivity contribution in [2.45, 2.75) is 31.7 Å². The van der Waals surface area contributed by atoms with Gasteiger partial charge >= 0.3 is 0 Å². The van der Waals surface area contributed by atoms with E-state index in [4.69, 9.17) is 0 Å². The van der Waals surface area contributed by atoms with Crippen LogP contribution in [0.15, 0.2) is 17.2 Å². The lowest BCUT2D eigenvalue weighted by Crippen LogP contribution is -2.36. The van der Waals surface area contributed by atoms with E-state index in [0.717, 1.165) is 18.7 Å². The monoisotopic (exact) mass is 193 g/mol. The molecule has 1 fully saturated rings. The zero-order valence-electron chi connectivity index (χ0n) is 8.12. The first-order valence-electron chi connectivity index (χ1n) is 5.11. The molecule has 1 saturated heterocycles. The number of nitrogens with one attached hydrogen (secondary N) is 2. The van der Waals surface area contributed by atoms with E-state index in [-0.39, 0.29) is 5.56 Å². The van der Waals surface area contributed by atoms with Crippen LogP contribution in [0.3, 0.4) is 0 Å². The minimum Gasteiger partial charge on any atom is -0.314 e. The van der Waals surface area contributed by atoms with E-state index in [2.05, 4.69) is 15.3 Å². The fourth-order valence-corrected chi connectivity index (χ4v) is 1.87. The summed E-state index contributed by atoms with van der Waals surface area (Å²) in [6.45, 7) is 1.09. The summed E-state index contributed by atoms with van der Waals surface area (Å²) in [6, 6.07) is 2.08. The summed E-state index contributed by atoms with van der Waals surface area (Å²) in [7, 11) is 0. The number of aromatic amines is 1. The number of hydrogen-bond acceptors (Lipinski definition) is 3. The van der Waals surface area contributed by atoms with E-state index in [1.54, 1.807) is 6.07 Å². The van der Waals surface area contributed by atoms with Crippen LogP contribution in [-0.2, 0) is 6.42 Å². The van der Waals surface area contributed by atoms with E-state index < -0.39 is 0 Å². The quantitative estimate of drug-likeness (QED) is 0.717. The normalized spacial score (nSPS) is 22.1. The summed E-state index contributed by atoms with van der Waals surface area (Å²) in [5, 5.41) is 3.43. The number of piperidine rings is 1. The number of H-pyrrole nitrogens is 1. The molecule has 2 rings (SSSR count). The second-order valence-corrected chi connectivity index (χ2v) is 3.75. The smallest absolute Gasteiger partial charge is 0.250 e. The Hall–Kier alpha value is -1.16. The molecule has 0 bridgehead atoms. The lowest BCUT2D eigenvalue weighted by molar-refractivity contribution is 0.397. The molecule has 1 aromatic rings. The molecule has 1 aliphatic heterocycles. The second kappa shape index (κ2) is 4.37. The average Bonchev–Trinajstić information content (AvgIpc) is 2.19. The number of rotatable bonds is 2. The molecule has 0 amide bonds. The molecule has 4 heteroatoms. The Kier molecular flexibility index (Phi) is 2.93. The molecule has 1 aromatic heterocycles. The van der Waals surface area contributed by atoms with Crippen molar-refractivity contribution in [2.75, 3.05) is 6.54 Å². The van der Waals surface area contributed by atoms with Crippen molar-refractivity contribution in [1.29, 1.82) is 0 Å². The third-order valence-electron chi connectivity index (χ3n) is 2.60. The van der Waals surface area contributed by atoms with E-state index in [9.17, 15) is 4.79 Å². The molecule has 1 aliphatic rings. The maximum atomic E-state index is 11.0. The Morgan fingerprint density at radius 1 is 1.50 bits per heavy atom. The Balaban J connectivity index is 1.99. The van der Waals surface area contributed by atoms with Gasteiger partial charge in [0.15, 0.2) is 0 Å². The number of nitrogens with zero attached hydrogens (tertiary/aromatic N) is 1. The van der Waals surface area contributed by atoms with Crippen molar-refractivity contribution in [3.63, 3.8) is 0 Å². The molecule has 0 aromatic carbocycles. The van der Waals surface area contributed by atoms with Crippen molar-refractivity contribution in [3.8, 4) is 0 Å². The zero-order chi connectivity index (χ0) is 9.80. The second-order valence-electron chi connectivity index (χ2n) is 3.75. The fourth-order valence-electron chi connectivity index (χ4n) is 1.87. The predicted octanol–water partition coefficient (Wildman–Crippen LogP) is 0.454. The Labute approximate surface area is 82.8 Å². The lowest BCUT2D eigenvalue weighted by atomic mass is 10.0. The van der Waals surface area contributed by atoms with E-state index in [1.165, 1.54) is 25.6 Å². The van der Waals surface area contributed by atoms with Crippen LogP contribution < -0.4 is 10.9 Å². The predicted molar refractivity (Wildman–Crippen MR) is 54.2 cm³/mol. The summed E-state index contributed by atoms with van der Waals surface area (Å²) in [4.78, 5) is 17.7. The van der Waals surface area contributed by atoms with Gasteiger partial charge in [-0.15, -0.1) is 0 Å². The maximum absolute atomic E-state index is 11.0. The van der Waals surface area contributed by atoms with Gasteiger partial charge in [-0.05, 0) is 19.4 Å². The van der Waals surface area contributed by atoms with Gasteiger partial charge in [0.25, 0.3) is 5.56 Å². The van der Waals surface area contributed by atoms with Crippen LogP contribution in [0, 0.1) is 0 Å². The van der Waals surface area contributed by atoms with Gasteiger partial charge in [-0.1, -0.05) is 6.42 Å². The van der Waals surface area contributed by atoms with Gasteiger partial charge in [-0.3, -0.25) is 4.79 Å². The van der Waals surface area contributed by atoms with Crippen LogP contribution >= 0.6 is 0 Å². The summed E-state index contributed by atoms with van der Waals surface area (Å²) < 4.78 is 0. The molecule has 0 saturated carbocycles. The minimum absolute atomic E-state index is 0.0641. The van der Waals surface area contributed by atoms with Crippen molar-refractivity contribution >= 4 is 0 Å². The first kappa shape index (κ1) is 9.40. The summed E-state index contributed by atoms with van der Waals surface area (Å²) in [5.41, 5.74) is 0.818. The molecular weight excluding hydrogens is 178 g/mol. The van der Waals surface area contributed by atoms with Crippen molar-refractivity contribution in [2.24, 2.45) is 0 Å². The largest absolute Gasteiger partial charge is 0.314 e. The maximum Gasteiger partial charge on any atom is 0.250 e. The van der Waals surface area contributed by atoms with E-state index >= 15 is 0 Å². The minimum atomic E-state index is -0.0641. The van der Waals surface area contributed by atoms with Gasteiger partial charge in [0, 0.05) is 24.2 Å². The first-order chi connectivity index (χ1) is 6.84. The molecule has 4 nitrogen and oxygen atoms in total.